The van der Waals surface area contributed by atoms with Crippen molar-refractivity contribution in [3.63, 3.8) is 0 Å². The Labute approximate surface area is 179 Å². The number of nitrogens with two attached hydrogens (primary N) is 1. The maximum Gasteiger partial charge on any atom is 0.228 e. The van der Waals surface area contributed by atoms with Crippen LogP contribution in [0.1, 0.15) is 0 Å². The fourth-order valence-electron chi connectivity index (χ4n) is 3.45. The van der Waals surface area contributed by atoms with Gasteiger partial charge in [-0.3, -0.25) is 0 Å². The highest BCUT2D eigenvalue weighted by atomic mass is 16.5. The summed E-state index contributed by atoms with van der Waals surface area (Å²) in [4.78, 5) is 20.1. The highest BCUT2D eigenvalue weighted by Crippen LogP contribution is 2.28. The van der Waals surface area contributed by atoms with Gasteiger partial charge in [-0.25, -0.2) is 15.0 Å². The second-order valence-corrected chi connectivity index (χ2v) is 7.12. The largest absolute Gasteiger partial charge is 0.384 e. The Balaban J connectivity index is 1.55. The number of benzene rings is 1. The molecule has 1 fully saturated rings. The fraction of sp³-hybridized carbons (Fsp3) is 0.182. The Kier molecular flexibility index (Phi) is 5.16. The summed E-state index contributed by atoms with van der Waals surface area (Å²) in [7, 11) is 0. The summed E-state index contributed by atoms with van der Waals surface area (Å²) >= 11 is 0. The third-order valence-electron chi connectivity index (χ3n) is 5.04. The van der Waals surface area contributed by atoms with Gasteiger partial charge in [-0.1, -0.05) is 12.1 Å². The van der Waals surface area contributed by atoms with Gasteiger partial charge in [0.2, 0.25) is 5.95 Å². The Morgan fingerprint density at radius 1 is 1.03 bits per heavy atom. The van der Waals surface area contributed by atoms with Crippen molar-refractivity contribution in [3.8, 4) is 16.9 Å². The number of rotatable bonds is 5. The number of anilines is 4. The second-order valence-electron chi connectivity index (χ2n) is 7.12. The molecule has 31 heavy (non-hydrogen) atoms. The van der Waals surface area contributed by atoms with Gasteiger partial charge in [0, 0.05) is 43.3 Å². The smallest absolute Gasteiger partial charge is 0.228 e. The zero-order valence-corrected chi connectivity index (χ0v) is 16.8. The summed E-state index contributed by atoms with van der Waals surface area (Å²) in [5.74, 6) is 1.81. The van der Waals surface area contributed by atoms with Crippen molar-refractivity contribution in [2.75, 3.05) is 42.3 Å². The van der Waals surface area contributed by atoms with E-state index in [1.165, 1.54) is 0 Å². The molecule has 0 saturated carbocycles. The van der Waals surface area contributed by atoms with Crippen LogP contribution in [-0.4, -0.2) is 50.8 Å². The molecule has 0 aliphatic carbocycles. The van der Waals surface area contributed by atoms with Gasteiger partial charge in [0.15, 0.2) is 0 Å². The molecule has 0 atom stereocenters. The minimum atomic E-state index is 0.471. The number of hydrogen-bond acceptors (Lipinski definition) is 8. The Hall–Kier alpha value is -3.98. The molecule has 9 nitrogen and oxygen atoms in total. The van der Waals surface area contributed by atoms with Gasteiger partial charge < -0.3 is 25.3 Å². The van der Waals surface area contributed by atoms with Gasteiger partial charge in [0.1, 0.15) is 11.6 Å². The van der Waals surface area contributed by atoms with Gasteiger partial charge in [-0.05, 0) is 24.3 Å². The van der Waals surface area contributed by atoms with E-state index < -0.39 is 0 Å². The predicted molar refractivity (Wildman–Crippen MR) is 120 cm³/mol. The summed E-state index contributed by atoms with van der Waals surface area (Å²) in [5, 5.41) is 3.46. The topological polar surface area (TPSA) is 107 Å². The lowest BCUT2D eigenvalue weighted by molar-refractivity contribution is 0.122. The second kappa shape index (κ2) is 8.41. The zero-order valence-electron chi connectivity index (χ0n) is 16.8. The molecule has 3 N–H and O–H groups in total. The van der Waals surface area contributed by atoms with Crippen LogP contribution in [-0.2, 0) is 4.74 Å². The van der Waals surface area contributed by atoms with Crippen molar-refractivity contribution < 1.29 is 4.74 Å². The first-order valence-electron chi connectivity index (χ1n) is 10.0. The molecule has 0 amide bonds. The van der Waals surface area contributed by atoms with Crippen LogP contribution in [0.4, 0.5) is 23.3 Å². The van der Waals surface area contributed by atoms with Crippen molar-refractivity contribution in [2.45, 2.75) is 0 Å². The van der Waals surface area contributed by atoms with Crippen LogP contribution in [0.15, 0.2) is 67.4 Å². The number of nitrogens with zero attached hydrogens (tertiary/aromatic N) is 6. The van der Waals surface area contributed by atoms with Crippen molar-refractivity contribution in [1.82, 2.24) is 24.5 Å². The predicted octanol–water partition coefficient (Wildman–Crippen LogP) is 2.89. The molecule has 4 aromatic rings. The van der Waals surface area contributed by atoms with E-state index in [1.807, 2.05) is 47.2 Å². The molecule has 1 saturated heterocycles. The number of hydrogen-bond donors (Lipinski definition) is 2. The number of imidazole rings is 1. The number of morpholine rings is 1. The van der Waals surface area contributed by atoms with E-state index in [4.69, 9.17) is 20.4 Å². The molecule has 0 bridgehead atoms. The number of ether oxygens (including phenoxy) is 1. The first-order valence-corrected chi connectivity index (χ1v) is 10.0. The van der Waals surface area contributed by atoms with Crippen molar-refractivity contribution in [3.05, 3.63) is 67.4 Å². The van der Waals surface area contributed by atoms with Crippen molar-refractivity contribution >= 4 is 23.3 Å². The molecule has 0 unspecified atom stereocenters. The minimum Gasteiger partial charge on any atom is -0.384 e. The normalized spacial score (nSPS) is 13.9. The number of aromatic nitrogens is 5. The van der Waals surface area contributed by atoms with Gasteiger partial charge in [0.25, 0.3) is 0 Å². The number of nitrogens with one attached hydrogen (secondary N) is 1. The first-order chi connectivity index (χ1) is 15.3. The monoisotopic (exact) mass is 414 g/mol. The molecule has 0 spiro atoms. The Morgan fingerprint density at radius 3 is 2.68 bits per heavy atom. The standard InChI is InChI=1S/C22H22N8O/c23-20-6-5-16(14-25-20)18-13-21(28-22(27-18)29-9-11-31-12-10-29)26-17-3-1-2-4-19(17)30-8-7-24-15-30/h1-8,13-15H,9-12H2,(H2,23,25)(H,26,27,28). The molecular weight excluding hydrogens is 392 g/mol. The Morgan fingerprint density at radius 2 is 1.90 bits per heavy atom. The van der Waals surface area contributed by atoms with Gasteiger partial charge in [-0.2, -0.15) is 4.98 Å². The van der Waals surface area contributed by atoms with E-state index >= 15 is 0 Å². The quantitative estimate of drug-likeness (QED) is 0.513. The SMILES string of the molecule is Nc1ccc(-c2cc(Nc3ccccc3-n3ccnc3)nc(N3CCOCC3)n2)cn1. The Bertz CT molecular complexity index is 1150. The number of nitrogen functional groups attached to an aromatic ring is 1. The zero-order chi connectivity index (χ0) is 21.0. The molecule has 1 aliphatic heterocycles. The molecule has 156 valence electrons. The van der Waals surface area contributed by atoms with E-state index in [-0.39, 0.29) is 0 Å². The van der Waals surface area contributed by atoms with Gasteiger partial charge >= 0.3 is 0 Å². The highest BCUT2D eigenvalue weighted by Gasteiger charge is 2.17. The lowest BCUT2D eigenvalue weighted by Crippen LogP contribution is -2.37. The molecule has 3 aromatic heterocycles. The highest BCUT2D eigenvalue weighted by molar-refractivity contribution is 5.71. The van der Waals surface area contributed by atoms with Crippen molar-refractivity contribution in [1.29, 1.82) is 0 Å². The lowest BCUT2D eigenvalue weighted by Gasteiger charge is -2.27. The molecule has 1 aromatic carbocycles. The van der Waals surface area contributed by atoms with Crippen LogP contribution in [0.5, 0.6) is 0 Å². The van der Waals surface area contributed by atoms with Gasteiger partial charge in [-0.15, -0.1) is 0 Å². The molecule has 4 heterocycles. The fourth-order valence-corrected chi connectivity index (χ4v) is 3.45. The molecule has 0 radical (unpaired) electrons. The molecule has 5 rings (SSSR count). The van der Waals surface area contributed by atoms with Crippen LogP contribution in [0.2, 0.25) is 0 Å². The summed E-state index contributed by atoms with van der Waals surface area (Å²) in [5.41, 5.74) is 9.29. The van der Waals surface area contributed by atoms with Crippen LogP contribution in [0.25, 0.3) is 16.9 Å². The number of para-hydroxylation sites is 2. The molecule has 1 aliphatic rings. The van der Waals surface area contributed by atoms with E-state index in [9.17, 15) is 0 Å². The summed E-state index contributed by atoms with van der Waals surface area (Å²) in [6, 6.07) is 13.6. The number of pyridine rings is 1. The maximum absolute atomic E-state index is 5.76. The summed E-state index contributed by atoms with van der Waals surface area (Å²) in [6.45, 7) is 2.80. The maximum atomic E-state index is 5.76. The van der Waals surface area contributed by atoms with Gasteiger partial charge in [0.05, 0.1) is 36.6 Å². The van der Waals surface area contributed by atoms with E-state index in [0.29, 0.717) is 30.8 Å². The van der Waals surface area contributed by atoms with Crippen LogP contribution in [0.3, 0.4) is 0 Å². The van der Waals surface area contributed by atoms with E-state index in [1.54, 1.807) is 24.8 Å². The average molecular weight is 414 g/mol. The van der Waals surface area contributed by atoms with E-state index in [0.717, 1.165) is 35.7 Å². The van der Waals surface area contributed by atoms with Crippen LogP contribution >= 0.6 is 0 Å². The summed E-state index contributed by atoms with van der Waals surface area (Å²) < 4.78 is 7.44. The van der Waals surface area contributed by atoms with E-state index in [2.05, 4.69) is 20.2 Å². The third kappa shape index (κ3) is 4.17. The first kappa shape index (κ1) is 19.0. The summed E-state index contributed by atoms with van der Waals surface area (Å²) in [6.07, 6.45) is 7.16. The third-order valence-corrected chi connectivity index (χ3v) is 5.04. The van der Waals surface area contributed by atoms with Crippen LogP contribution < -0.4 is 16.0 Å². The average Bonchev–Trinajstić information content (AvgIpc) is 3.35. The van der Waals surface area contributed by atoms with Crippen LogP contribution in [0, 0.1) is 0 Å². The van der Waals surface area contributed by atoms with Crippen molar-refractivity contribution in [2.24, 2.45) is 0 Å². The molecule has 9 heteroatoms. The molecular formula is C22H22N8O. The minimum absolute atomic E-state index is 0.471. The lowest BCUT2D eigenvalue weighted by atomic mass is 10.2.